The summed E-state index contributed by atoms with van der Waals surface area (Å²) in [6, 6.07) is 9.70. The molecule has 0 spiro atoms. The van der Waals surface area contributed by atoms with Crippen LogP contribution in [0, 0.1) is 10.1 Å². The van der Waals surface area contributed by atoms with Crippen LogP contribution in [0.3, 0.4) is 0 Å². The quantitative estimate of drug-likeness (QED) is 0.352. The Balaban J connectivity index is 1.77. The predicted octanol–water partition coefficient (Wildman–Crippen LogP) is 3.92. The number of anilines is 1. The van der Waals surface area contributed by atoms with Crippen molar-refractivity contribution in [3.05, 3.63) is 91.3 Å². The Morgan fingerprint density at radius 2 is 1.97 bits per heavy atom. The number of non-ortho nitro benzene ring substituents is 1. The lowest BCUT2D eigenvalue weighted by Gasteiger charge is -2.22. The number of ether oxygens (including phenoxy) is 1. The second-order valence-corrected chi connectivity index (χ2v) is 7.65. The molecule has 9 nitrogen and oxygen atoms in total. The van der Waals surface area contributed by atoms with Crippen molar-refractivity contribution in [1.29, 1.82) is 0 Å². The maximum absolute atomic E-state index is 13.4. The van der Waals surface area contributed by atoms with Gasteiger partial charge in [0.25, 0.3) is 11.6 Å². The normalized spacial score (nSPS) is 15.3. The average molecular weight is 435 g/mol. The molecule has 0 aliphatic carbocycles. The molecule has 1 aliphatic rings. The summed E-state index contributed by atoms with van der Waals surface area (Å²) >= 11 is 1.24. The fourth-order valence-electron chi connectivity index (χ4n) is 3.70. The van der Waals surface area contributed by atoms with E-state index in [9.17, 15) is 19.7 Å². The molecule has 1 amide bonds. The van der Waals surface area contributed by atoms with Crippen LogP contribution in [0.2, 0.25) is 0 Å². The minimum Gasteiger partial charge on any atom is -0.497 e. The van der Waals surface area contributed by atoms with Crippen molar-refractivity contribution in [2.45, 2.75) is 6.04 Å². The molecule has 10 heteroatoms. The van der Waals surface area contributed by atoms with Crippen molar-refractivity contribution in [1.82, 2.24) is 4.98 Å². The number of amides is 1. The Morgan fingerprint density at radius 1 is 1.19 bits per heavy atom. The second kappa shape index (κ2) is 7.03. The highest BCUT2D eigenvalue weighted by Gasteiger charge is 2.44. The van der Waals surface area contributed by atoms with Crippen LogP contribution in [0.1, 0.15) is 27.7 Å². The third-order valence-corrected chi connectivity index (χ3v) is 5.90. The summed E-state index contributed by atoms with van der Waals surface area (Å²) in [7, 11) is 1.49. The molecule has 2 aromatic carbocycles. The van der Waals surface area contributed by atoms with Gasteiger partial charge in [0.05, 0.1) is 29.0 Å². The number of carbonyl (C=O) groups is 1. The highest BCUT2D eigenvalue weighted by atomic mass is 32.1. The van der Waals surface area contributed by atoms with Gasteiger partial charge in [-0.25, -0.2) is 4.98 Å². The summed E-state index contributed by atoms with van der Waals surface area (Å²) in [5, 5.41) is 13.5. The standard InChI is InChI=1S/C21H13N3O6S/c1-29-13-6-7-14-15(10-13)30-19-16(18(14)25)17(11-2-4-12(5-3-11)24(27)28)23(20(19)26)21-22-8-9-31-21/h2-10,17H,1H3/t17-/m0/s1. The smallest absolute Gasteiger partial charge is 0.297 e. The summed E-state index contributed by atoms with van der Waals surface area (Å²) in [5.74, 6) is -0.0934. The number of thiazole rings is 1. The van der Waals surface area contributed by atoms with Gasteiger partial charge in [-0.3, -0.25) is 24.6 Å². The Morgan fingerprint density at radius 3 is 2.61 bits per heavy atom. The summed E-state index contributed by atoms with van der Waals surface area (Å²) in [6.07, 6.45) is 1.56. The Kier molecular flexibility index (Phi) is 4.29. The number of hydrogen-bond acceptors (Lipinski definition) is 8. The molecular formula is C21H13N3O6S. The van der Waals surface area contributed by atoms with Crippen LogP contribution in [-0.4, -0.2) is 22.9 Å². The van der Waals surface area contributed by atoms with Crippen molar-refractivity contribution >= 4 is 39.0 Å². The van der Waals surface area contributed by atoms with Gasteiger partial charge in [-0.1, -0.05) is 0 Å². The zero-order valence-corrected chi connectivity index (χ0v) is 16.8. The third kappa shape index (κ3) is 2.88. The number of nitrogens with zero attached hydrogens (tertiary/aromatic N) is 3. The zero-order valence-electron chi connectivity index (χ0n) is 16.0. The van der Waals surface area contributed by atoms with Crippen LogP contribution in [0.5, 0.6) is 5.75 Å². The van der Waals surface area contributed by atoms with E-state index in [1.807, 2.05) is 0 Å². The SMILES string of the molecule is COc1ccc2c(=O)c3c(oc2c1)C(=O)N(c1nccs1)[C@H]3c1ccc([N+](=O)[O-])cc1. The molecule has 2 aromatic heterocycles. The molecule has 0 radical (unpaired) electrons. The van der Waals surface area contributed by atoms with E-state index in [2.05, 4.69) is 4.98 Å². The first-order valence-electron chi connectivity index (χ1n) is 9.11. The van der Waals surface area contributed by atoms with Gasteiger partial charge in [0.15, 0.2) is 10.6 Å². The van der Waals surface area contributed by atoms with Crippen LogP contribution in [0.4, 0.5) is 10.8 Å². The summed E-state index contributed by atoms with van der Waals surface area (Å²) in [6.45, 7) is 0. The number of methoxy groups -OCH3 is 1. The summed E-state index contributed by atoms with van der Waals surface area (Å²) in [5.41, 5.74) is 0.501. The molecule has 0 saturated heterocycles. The number of benzene rings is 2. The minimum atomic E-state index is -0.822. The number of fused-ring (bicyclic) bond motifs is 2. The molecule has 0 N–H and O–H groups in total. The van der Waals surface area contributed by atoms with E-state index in [0.29, 0.717) is 21.8 Å². The van der Waals surface area contributed by atoms with Crippen LogP contribution in [0.25, 0.3) is 11.0 Å². The number of nitro benzene ring substituents is 1. The molecule has 1 aliphatic heterocycles. The fraction of sp³-hybridized carbons (Fsp3) is 0.0952. The first-order chi connectivity index (χ1) is 15.0. The van der Waals surface area contributed by atoms with Gasteiger partial charge in [-0.05, 0) is 29.8 Å². The van der Waals surface area contributed by atoms with E-state index >= 15 is 0 Å². The van der Waals surface area contributed by atoms with Crippen molar-refractivity contribution in [3.8, 4) is 5.75 Å². The minimum absolute atomic E-state index is 0.0793. The maximum atomic E-state index is 13.4. The van der Waals surface area contributed by atoms with E-state index in [-0.39, 0.29) is 28.0 Å². The first-order valence-corrected chi connectivity index (χ1v) is 9.99. The molecule has 5 rings (SSSR count). The van der Waals surface area contributed by atoms with Crippen LogP contribution < -0.4 is 15.1 Å². The van der Waals surface area contributed by atoms with Gasteiger partial charge in [-0.2, -0.15) is 0 Å². The third-order valence-electron chi connectivity index (χ3n) is 5.12. The number of carbonyl (C=O) groups excluding carboxylic acids is 1. The van der Waals surface area contributed by atoms with Crippen molar-refractivity contribution < 1.29 is 18.9 Å². The Hall–Kier alpha value is -4.05. The predicted molar refractivity (Wildman–Crippen MR) is 113 cm³/mol. The monoisotopic (exact) mass is 435 g/mol. The van der Waals surface area contributed by atoms with Crippen molar-refractivity contribution in [3.63, 3.8) is 0 Å². The van der Waals surface area contributed by atoms with Gasteiger partial charge in [0, 0.05) is 29.8 Å². The second-order valence-electron chi connectivity index (χ2n) is 6.78. The number of hydrogen-bond donors (Lipinski definition) is 0. The molecule has 0 fully saturated rings. The van der Waals surface area contributed by atoms with Crippen LogP contribution in [-0.2, 0) is 0 Å². The highest BCUT2D eigenvalue weighted by Crippen LogP contribution is 2.42. The Labute approximate surface area is 178 Å². The number of rotatable bonds is 4. The van der Waals surface area contributed by atoms with Crippen molar-refractivity contribution in [2.75, 3.05) is 12.0 Å². The molecule has 1 atom stereocenters. The van der Waals surface area contributed by atoms with Gasteiger partial charge < -0.3 is 9.15 Å². The zero-order chi connectivity index (χ0) is 21.7. The van der Waals surface area contributed by atoms with Gasteiger partial charge >= 0.3 is 0 Å². The lowest BCUT2D eigenvalue weighted by molar-refractivity contribution is -0.384. The number of aromatic nitrogens is 1. The highest BCUT2D eigenvalue weighted by molar-refractivity contribution is 7.13. The lowest BCUT2D eigenvalue weighted by Crippen LogP contribution is -2.29. The van der Waals surface area contributed by atoms with E-state index in [1.165, 1.54) is 47.6 Å². The maximum Gasteiger partial charge on any atom is 0.297 e. The Bertz CT molecular complexity index is 1400. The van der Waals surface area contributed by atoms with E-state index < -0.39 is 16.9 Å². The van der Waals surface area contributed by atoms with Gasteiger partial charge in [0.2, 0.25) is 5.76 Å². The molecule has 4 aromatic rings. The fourth-order valence-corrected chi connectivity index (χ4v) is 4.37. The van der Waals surface area contributed by atoms with E-state index in [4.69, 9.17) is 9.15 Å². The molecular weight excluding hydrogens is 422 g/mol. The first kappa shape index (κ1) is 18.9. The van der Waals surface area contributed by atoms with Crippen molar-refractivity contribution in [2.24, 2.45) is 0 Å². The van der Waals surface area contributed by atoms with E-state index in [0.717, 1.165) is 0 Å². The van der Waals surface area contributed by atoms with Gasteiger partial charge in [-0.15, -0.1) is 11.3 Å². The molecule has 31 heavy (non-hydrogen) atoms. The summed E-state index contributed by atoms with van der Waals surface area (Å²) < 4.78 is 11.1. The molecule has 0 saturated carbocycles. The molecule has 0 unspecified atom stereocenters. The summed E-state index contributed by atoms with van der Waals surface area (Å²) in [4.78, 5) is 42.9. The largest absolute Gasteiger partial charge is 0.497 e. The lowest BCUT2D eigenvalue weighted by atomic mass is 9.98. The van der Waals surface area contributed by atoms with Gasteiger partial charge in [0.1, 0.15) is 11.3 Å². The van der Waals surface area contributed by atoms with E-state index in [1.54, 1.807) is 29.8 Å². The van der Waals surface area contributed by atoms with Crippen LogP contribution >= 0.6 is 11.3 Å². The molecule has 154 valence electrons. The molecule has 0 bridgehead atoms. The topological polar surface area (TPSA) is 116 Å². The average Bonchev–Trinajstić information content (AvgIpc) is 3.40. The van der Waals surface area contributed by atoms with Crippen LogP contribution in [0.15, 0.2) is 63.3 Å². The molecule has 3 heterocycles. The number of nitro groups is 1.